The van der Waals surface area contributed by atoms with Gasteiger partial charge in [-0.15, -0.1) is 8.78 Å². The highest BCUT2D eigenvalue weighted by Gasteiger charge is 2.39. The third-order valence-electron chi connectivity index (χ3n) is 4.32. The van der Waals surface area contributed by atoms with Crippen LogP contribution in [-0.4, -0.2) is 17.2 Å². The summed E-state index contributed by atoms with van der Waals surface area (Å²) < 4.78 is 35.3. The van der Waals surface area contributed by atoms with Gasteiger partial charge in [0.1, 0.15) is 17.5 Å². The van der Waals surface area contributed by atoms with E-state index < -0.39 is 18.8 Å². The van der Waals surface area contributed by atoms with Gasteiger partial charge in [-0.05, 0) is 42.5 Å². The number of nitrogens with zero attached hydrogens (tertiary/aromatic N) is 2. The first-order valence-electron chi connectivity index (χ1n) is 9.07. The van der Waals surface area contributed by atoms with E-state index in [9.17, 15) is 13.6 Å². The number of carbonyl (C=O) groups excluding carboxylic acids is 1. The van der Waals surface area contributed by atoms with Crippen LogP contribution < -0.4 is 15.6 Å². The van der Waals surface area contributed by atoms with Crippen LogP contribution in [0.3, 0.4) is 0 Å². The van der Waals surface area contributed by atoms with Gasteiger partial charge in [0.25, 0.3) is 5.91 Å². The SMILES string of the molecule is N#Cc1cc(Sc2ccc(NNC(=O)c3cccc4c3COC(F)(F)O4)cc2Cl)ccn1. The van der Waals surface area contributed by atoms with Crippen LogP contribution in [-0.2, 0) is 11.3 Å². The molecule has 2 aromatic carbocycles. The maximum atomic E-state index is 13.2. The topological polar surface area (TPSA) is 96.3 Å². The first-order valence-corrected chi connectivity index (χ1v) is 10.3. The highest BCUT2D eigenvalue weighted by atomic mass is 35.5. The number of hydrogen-bond donors (Lipinski definition) is 2. The lowest BCUT2D eigenvalue weighted by molar-refractivity contribution is -0.368. The van der Waals surface area contributed by atoms with Crippen molar-refractivity contribution < 1.29 is 23.0 Å². The number of nitrogens with one attached hydrogen (secondary N) is 2. The fraction of sp³-hybridized carbons (Fsp3) is 0.0952. The van der Waals surface area contributed by atoms with Gasteiger partial charge in [-0.1, -0.05) is 29.4 Å². The van der Waals surface area contributed by atoms with Gasteiger partial charge in [0.15, 0.2) is 0 Å². The number of carbonyl (C=O) groups is 1. The summed E-state index contributed by atoms with van der Waals surface area (Å²) >= 11 is 7.71. The average molecular weight is 475 g/mol. The molecule has 0 atom stereocenters. The summed E-state index contributed by atoms with van der Waals surface area (Å²) in [6.45, 7) is -0.466. The Bertz CT molecular complexity index is 1240. The molecule has 32 heavy (non-hydrogen) atoms. The van der Waals surface area contributed by atoms with Gasteiger partial charge in [0.05, 0.1) is 22.9 Å². The Kier molecular flexibility index (Phi) is 6.14. The first kappa shape index (κ1) is 21.8. The summed E-state index contributed by atoms with van der Waals surface area (Å²) in [4.78, 5) is 18.0. The number of aromatic nitrogens is 1. The van der Waals surface area contributed by atoms with E-state index in [1.54, 1.807) is 36.5 Å². The molecule has 0 bridgehead atoms. The normalized spacial score (nSPS) is 13.9. The van der Waals surface area contributed by atoms with E-state index in [4.69, 9.17) is 16.9 Å². The monoisotopic (exact) mass is 474 g/mol. The fourth-order valence-corrected chi connectivity index (χ4v) is 4.00. The number of benzene rings is 2. The van der Waals surface area contributed by atoms with Crippen molar-refractivity contribution in [2.24, 2.45) is 0 Å². The summed E-state index contributed by atoms with van der Waals surface area (Å²) in [6, 6.07) is 14.7. The minimum Gasteiger partial charge on any atom is -0.409 e. The van der Waals surface area contributed by atoms with E-state index in [1.807, 2.05) is 6.07 Å². The lowest BCUT2D eigenvalue weighted by Gasteiger charge is -2.26. The van der Waals surface area contributed by atoms with Gasteiger partial charge >= 0.3 is 6.29 Å². The van der Waals surface area contributed by atoms with Crippen LogP contribution >= 0.6 is 23.4 Å². The molecule has 1 aliphatic heterocycles. The van der Waals surface area contributed by atoms with Crippen molar-refractivity contribution in [1.29, 1.82) is 5.26 Å². The summed E-state index contributed by atoms with van der Waals surface area (Å²) in [7, 11) is 0. The fourth-order valence-electron chi connectivity index (χ4n) is 2.86. The lowest BCUT2D eigenvalue weighted by atomic mass is 10.1. The molecule has 0 radical (unpaired) electrons. The number of anilines is 1. The van der Waals surface area contributed by atoms with Crippen molar-refractivity contribution in [2.75, 3.05) is 5.43 Å². The van der Waals surface area contributed by atoms with Crippen LogP contribution in [0.4, 0.5) is 14.5 Å². The zero-order valence-corrected chi connectivity index (χ0v) is 17.6. The molecular weight excluding hydrogens is 462 g/mol. The van der Waals surface area contributed by atoms with Crippen LogP contribution in [0, 0.1) is 11.3 Å². The second-order valence-corrected chi connectivity index (χ2v) is 7.97. The van der Waals surface area contributed by atoms with E-state index in [2.05, 4.69) is 25.3 Å². The first-order chi connectivity index (χ1) is 15.3. The molecule has 2 N–H and O–H groups in total. The number of pyridine rings is 1. The predicted octanol–water partition coefficient (Wildman–Crippen LogP) is 4.97. The number of rotatable bonds is 5. The predicted molar refractivity (Wildman–Crippen MR) is 112 cm³/mol. The third-order valence-corrected chi connectivity index (χ3v) is 5.81. The van der Waals surface area contributed by atoms with Crippen molar-refractivity contribution in [3.8, 4) is 11.8 Å². The maximum Gasteiger partial charge on any atom is 0.535 e. The molecule has 0 aliphatic carbocycles. The second-order valence-electron chi connectivity index (χ2n) is 6.45. The van der Waals surface area contributed by atoms with Crippen molar-refractivity contribution in [3.05, 3.63) is 76.6 Å². The van der Waals surface area contributed by atoms with Gasteiger partial charge in [0, 0.05) is 21.6 Å². The summed E-state index contributed by atoms with van der Waals surface area (Å²) in [5.41, 5.74) is 6.40. The molecule has 1 aliphatic rings. The van der Waals surface area contributed by atoms with Crippen LogP contribution in [0.25, 0.3) is 0 Å². The van der Waals surface area contributed by atoms with Crippen molar-refractivity contribution in [1.82, 2.24) is 10.4 Å². The Labute approximate surface area is 190 Å². The minimum atomic E-state index is -3.73. The Morgan fingerprint density at radius 2 is 2.09 bits per heavy atom. The molecule has 0 fully saturated rings. The van der Waals surface area contributed by atoms with E-state index in [0.717, 1.165) is 9.79 Å². The molecule has 4 rings (SSSR count). The zero-order valence-electron chi connectivity index (χ0n) is 16.1. The van der Waals surface area contributed by atoms with E-state index >= 15 is 0 Å². The Morgan fingerprint density at radius 1 is 1.25 bits per heavy atom. The van der Waals surface area contributed by atoms with Crippen LogP contribution in [0.1, 0.15) is 21.6 Å². The molecule has 0 saturated carbocycles. The Balaban J connectivity index is 1.43. The zero-order chi connectivity index (χ0) is 22.7. The number of fused-ring (bicyclic) bond motifs is 1. The number of ether oxygens (including phenoxy) is 2. The van der Waals surface area contributed by atoms with Crippen molar-refractivity contribution >= 4 is 35.0 Å². The average Bonchev–Trinajstić information content (AvgIpc) is 2.78. The quantitative estimate of drug-likeness (QED) is 0.504. The Hall–Kier alpha value is -3.39. The van der Waals surface area contributed by atoms with Gasteiger partial charge in [-0.2, -0.15) is 5.26 Å². The van der Waals surface area contributed by atoms with Gasteiger partial charge in [-0.25, -0.2) is 4.98 Å². The minimum absolute atomic E-state index is 0.117. The number of alkyl halides is 2. The standard InChI is InChI=1S/C21H13ClF2N4O3S/c22-17-9-12(4-5-19(17)32-14-6-7-26-13(8-14)10-25)27-28-20(29)15-2-1-3-18-16(15)11-30-21(23,24)31-18/h1-9,27H,11H2,(H,28,29). The molecule has 1 amide bonds. The molecule has 0 spiro atoms. The largest absolute Gasteiger partial charge is 0.535 e. The van der Waals surface area contributed by atoms with Crippen LogP contribution in [0.15, 0.2) is 64.5 Å². The van der Waals surface area contributed by atoms with Crippen LogP contribution in [0.5, 0.6) is 5.75 Å². The lowest BCUT2D eigenvalue weighted by Crippen LogP contribution is -2.35. The highest BCUT2D eigenvalue weighted by molar-refractivity contribution is 7.99. The molecule has 0 saturated heterocycles. The number of nitriles is 1. The molecule has 162 valence electrons. The van der Waals surface area contributed by atoms with E-state index in [0.29, 0.717) is 16.4 Å². The van der Waals surface area contributed by atoms with Gasteiger partial charge in [-0.3, -0.25) is 20.4 Å². The van der Waals surface area contributed by atoms with Crippen molar-refractivity contribution in [3.63, 3.8) is 0 Å². The number of hydrogen-bond acceptors (Lipinski definition) is 7. The molecule has 7 nitrogen and oxygen atoms in total. The van der Waals surface area contributed by atoms with Crippen molar-refractivity contribution in [2.45, 2.75) is 22.7 Å². The highest BCUT2D eigenvalue weighted by Crippen LogP contribution is 2.36. The molecule has 3 aromatic rings. The van der Waals surface area contributed by atoms with E-state index in [-0.39, 0.29) is 16.9 Å². The molecule has 0 unspecified atom stereocenters. The number of hydrazine groups is 1. The number of amides is 1. The smallest absolute Gasteiger partial charge is 0.409 e. The third kappa shape index (κ3) is 4.91. The van der Waals surface area contributed by atoms with Gasteiger partial charge < -0.3 is 4.74 Å². The molecule has 2 heterocycles. The summed E-state index contributed by atoms with van der Waals surface area (Å²) in [6.07, 6.45) is -2.19. The van der Waals surface area contributed by atoms with E-state index in [1.165, 1.54) is 30.0 Å². The summed E-state index contributed by atoms with van der Waals surface area (Å²) in [5.74, 6) is -0.677. The number of halogens is 3. The van der Waals surface area contributed by atoms with Gasteiger partial charge in [0.2, 0.25) is 0 Å². The second kappa shape index (κ2) is 9.00. The van der Waals surface area contributed by atoms with Crippen LogP contribution in [0.2, 0.25) is 5.02 Å². The maximum absolute atomic E-state index is 13.2. The molecule has 11 heteroatoms. The summed E-state index contributed by atoms with van der Waals surface area (Å²) in [5, 5.41) is 9.38. The molecular formula is C21H13ClF2N4O3S. The Morgan fingerprint density at radius 3 is 2.88 bits per heavy atom. The molecule has 1 aromatic heterocycles.